The van der Waals surface area contributed by atoms with Gasteiger partial charge in [0.15, 0.2) is 18.2 Å². The zero-order chi connectivity index (χ0) is 19.1. The van der Waals surface area contributed by atoms with Gasteiger partial charge in [0.2, 0.25) is 0 Å². The number of thiophene rings is 1. The monoisotopic (exact) mass is 378 g/mol. The molecule has 0 saturated heterocycles. The lowest BCUT2D eigenvalue weighted by Gasteiger charge is -2.06. The molecule has 0 fully saturated rings. The van der Waals surface area contributed by atoms with Crippen molar-refractivity contribution in [2.75, 3.05) is 6.61 Å². The van der Waals surface area contributed by atoms with Crippen molar-refractivity contribution < 1.29 is 19.1 Å². The van der Waals surface area contributed by atoms with Crippen LogP contribution in [0.4, 0.5) is 0 Å². The third-order valence-electron chi connectivity index (χ3n) is 4.03. The van der Waals surface area contributed by atoms with Gasteiger partial charge in [0.1, 0.15) is 0 Å². The Hall–Kier alpha value is -3.05. The number of hydrogen-bond acceptors (Lipinski definition) is 5. The van der Waals surface area contributed by atoms with Gasteiger partial charge in [-0.2, -0.15) is 0 Å². The quantitative estimate of drug-likeness (QED) is 0.417. The average Bonchev–Trinajstić information content (AvgIpc) is 3.26. The number of esters is 1. The summed E-state index contributed by atoms with van der Waals surface area (Å²) >= 11 is 1.34. The van der Waals surface area contributed by atoms with Crippen molar-refractivity contribution in [2.45, 2.75) is 12.8 Å². The zero-order valence-corrected chi connectivity index (χ0v) is 15.4. The van der Waals surface area contributed by atoms with Crippen LogP contribution < -0.4 is 0 Å². The zero-order valence-electron chi connectivity index (χ0n) is 14.6. The third kappa shape index (κ3) is 5.21. The predicted octanol–water partition coefficient (Wildman–Crippen LogP) is 4.80. The molecule has 0 atom stereocenters. The smallest absolute Gasteiger partial charge is 0.306 e. The van der Waals surface area contributed by atoms with E-state index in [4.69, 9.17) is 4.74 Å². The van der Waals surface area contributed by atoms with Crippen molar-refractivity contribution >= 4 is 28.9 Å². The predicted molar refractivity (Wildman–Crippen MR) is 105 cm³/mol. The van der Waals surface area contributed by atoms with E-state index in [1.54, 1.807) is 24.3 Å². The minimum absolute atomic E-state index is 0.0308. The van der Waals surface area contributed by atoms with Gasteiger partial charge < -0.3 is 4.74 Å². The highest BCUT2D eigenvalue weighted by Gasteiger charge is 2.13. The fraction of sp³-hybridized carbons (Fsp3) is 0.136. The second-order valence-corrected chi connectivity index (χ2v) is 6.88. The molecule has 0 bridgehead atoms. The lowest BCUT2D eigenvalue weighted by atomic mass is 10.0. The van der Waals surface area contributed by atoms with Crippen LogP contribution in [0, 0.1) is 0 Å². The van der Waals surface area contributed by atoms with Gasteiger partial charge in [0, 0.05) is 12.0 Å². The first kappa shape index (κ1) is 18.7. The minimum Gasteiger partial charge on any atom is -0.457 e. The number of carbonyl (C=O) groups is 3. The van der Waals surface area contributed by atoms with Gasteiger partial charge in [0.25, 0.3) is 0 Å². The summed E-state index contributed by atoms with van der Waals surface area (Å²) < 4.78 is 5.00. The summed E-state index contributed by atoms with van der Waals surface area (Å²) in [6, 6.07) is 20.5. The standard InChI is InChI=1S/C22H18O4S/c23-19(21-7-4-14-27-21)12-13-22(25)26-15-20(24)18-10-8-17(9-11-18)16-5-2-1-3-6-16/h1-11,14H,12-13,15H2. The molecule has 2 aromatic carbocycles. The molecule has 0 radical (unpaired) electrons. The maximum Gasteiger partial charge on any atom is 0.306 e. The number of ketones is 2. The highest BCUT2D eigenvalue weighted by atomic mass is 32.1. The second kappa shape index (κ2) is 9.05. The lowest BCUT2D eigenvalue weighted by molar-refractivity contribution is -0.142. The lowest BCUT2D eigenvalue weighted by Crippen LogP contribution is -2.15. The van der Waals surface area contributed by atoms with Crippen LogP contribution in [0.3, 0.4) is 0 Å². The van der Waals surface area contributed by atoms with Crippen molar-refractivity contribution in [3.05, 3.63) is 82.6 Å². The van der Waals surface area contributed by atoms with E-state index in [-0.39, 0.29) is 31.0 Å². The molecular formula is C22H18O4S. The van der Waals surface area contributed by atoms with Crippen molar-refractivity contribution in [2.24, 2.45) is 0 Å². The Balaban J connectivity index is 1.47. The molecule has 5 heteroatoms. The third-order valence-corrected chi connectivity index (χ3v) is 4.94. The largest absolute Gasteiger partial charge is 0.457 e. The van der Waals surface area contributed by atoms with Crippen LogP contribution in [-0.4, -0.2) is 24.1 Å². The van der Waals surface area contributed by atoms with E-state index in [1.807, 2.05) is 47.8 Å². The summed E-state index contributed by atoms with van der Waals surface area (Å²) in [5.41, 5.74) is 2.56. The summed E-state index contributed by atoms with van der Waals surface area (Å²) in [6.07, 6.45) is 0.0519. The maximum atomic E-state index is 12.2. The normalized spacial score (nSPS) is 10.4. The van der Waals surface area contributed by atoms with Crippen LogP contribution >= 0.6 is 11.3 Å². The van der Waals surface area contributed by atoms with Gasteiger partial charge in [-0.1, -0.05) is 60.7 Å². The Kier molecular flexibility index (Phi) is 6.28. The minimum atomic E-state index is -0.547. The number of carbonyl (C=O) groups excluding carboxylic acids is 3. The Morgan fingerprint density at radius 3 is 2.11 bits per heavy atom. The van der Waals surface area contributed by atoms with Crippen LogP contribution in [0.15, 0.2) is 72.1 Å². The van der Waals surface area contributed by atoms with E-state index in [0.717, 1.165) is 11.1 Å². The molecule has 0 spiro atoms. The number of hydrogen-bond donors (Lipinski definition) is 0. The fourth-order valence-corrected chi connectivity index (χ4v) is 3.25. The Morgan fingerprint density at radius 1 is 0.741 bits per heavy atom. The van der Waals surface area contributed by atoms with E-state index in [0.29, 0.717) is 10.4 Å². The molecule has 1 aromatic heterocycles. The molecule has 0 amide bonds. The SMILES string of the molecule is O=C(CCC(=O)c1cccs1)OCC(=O)c1ccc(-c2ccccc2)cc1. The van der Waals surface area contributed by atoms with Gasteiger partial charge in [-0.25, -0.2) is 0 Å². The van der Waals surface area contributed by atoms with E-state index in [9.17, 15) is 14.4 Å². The molecule has 0 aliphatic heterocycles. The van der Waals surface area contributed by atoms with Crippen molar-refractivity contribution in [3.8, 4) is 11.1 Å². The van der Waals surface area contributed by atoms with Crippen LogP contribution in [0.25, 0.3) is 11.1 Å². The van der Waals surface area contributed by atoms with Crippen molar-refractivity contribution in [1.82, 2.24) is 0 Å². The molecule has 136 valence electrons. The molecule has 3 aromatic rings. The number of Topliss-reactive ketones (excluding diaryl/α,β-unsaturated/α-hetero) is 2. The highest BCUT2D eigenvalue weighted by molar-refractivity contribution is 7.12. The molecule has 27 heavy (non-hydrogen) atoms. The average molecular weight is 378 g/mol. The Morgan fingerprint density at radius 2 is 1.44 bits per heavy atom. The number of ether oxygens (including phenoxy) is 1. The van der Waals surface area contributed by atoms with E-state index < -0.39 is 5.97 Å². The summed E-state index contributed by atoms with van der Waals surface area (Å²) in [6.45, 7) is -0.323. The van der Waals surface area contributed by atoms with Crippen molar-refractivity contribution in [1.29, 1.82) is 0 Å². The molecule has 0 aliphatic rings. The van der Waals surface area contributed by atoms with Gasteiger partial charge in [-0.15, -0.1) is 11.3 Å². The Labute approximate surface area is 161 Å². The molecule has 0 unspecified atom stereocenters. The fourth-order valence-electron chi connectivity index (χ4n) is 2.56. The second-order valence-electron chi connectivity index (χ2n) is 5.93. The number of rotatable bonds is 8. The summed E-state index contributed by atoms with van der Waals surface area (Å²) in [4.78, 5) is 36.4. The molecule has 4 nitrogen and oxygen atoms in total. The van der Waals surface area contributed by atoms with Gasteiger partial charge >= 0.3 is 5.97 Å². The van der Waals surface area contributed by atoms with Crippen LogP contribution in [0.2, 0.25) is 0 Å². The molecular weight excluding hydrogens is 360 g/mol. The molecule has 0 N–H and O–H groups in total. The molecule has 1 heterocycles. The van der Waals surface area contributed by atoms with Gasteiger partial charge in [0.05, 0.1) is 11.3 Å². The topological polar surface area (TPSA) is 60.4 Å². The first-order valence-corrected chi connectivity index (χ1v) is 9.42. The van der Waals surface area contributed by atoms with Crippen LogP contribution in [0.5, 0.6) is 0 Å². The van der Waals surface area contributed by atoms with Gasteiger partial charge in [-0.3, -0.25) is 14.4 Å². The first-order valence-electron chi connectivity index (χ1n) is 8.54. The van der Waals surface area contributed by atoms with Crippen LogP contribution in [-0.2, 0) is 9.53 Å². The van der Waals surface area contributed by atoms with E-state index >= 15 is 0 Å². The first-order chi connectivity index (χ1) is 13.1. The highest BCUT2D eigenvalue weighted by Crippen LogP contribution is 2.19. The molecule has 3 rings (SSSR count). The summed E-state index contributed by atoms with van der Waals surface area (Å²) in [5, 5.41) is 1.81. The maximum absolute atomic E-state index is 12.2. The molecule has 0 saturated carbocycles. The summed E-state index contributed by atoms with van der Waals surface area (Å²) in [7, 11) is 0. The van der Waals surface area contributed by atoms with E-state index in [2.05, 4.69) is 0 Å². The summed E-state index contributed by atoms with van der Waals surface area (Å²) in [5.74, 6) is -0.911. The van der Waals surface area contributed by atoms with Crippen LogP contribution in [0.1, 0.15) is 32.9 Å². The Bertz CT molecular complexity index is 913. The molecule has 0 aliphatic carbocycles. The van der Waals surface area contributed by atoms with Gasteiger partial charge in [-0.05, 0) is 22.6 Å². The van der Waals surface area contributed by atoms with Crippen molar-refractivity contribution in [3.63, 3.8) is 0 Å². The van der Waals surface area contributed by atoms with E-state index in [1.165, 1.54) is 11.3 Å². The number of benzene rings is 2.